The van der Waals surface area contributed by atoms with Crippen LogP contribution in [0.2, 0.25) is 0 Å². The molecule has 0 amide bonds. The Morgan fingerprint density at radius 2 is 1.21 bits per heavy atom. The molecular formula is C26H25N3. The molecule has 0 aliphatic heterocycles. The molecule has 29 heavy (non-hydrogen) atoms. The van der Waals surface area contributed by atoms with Gasteiger partial charge in [-0.3, -0.25) is 0 Å². The minimum absolute atomic E-state index is 0.767. The molecule has 0 aliphatic carbocycles. The van der Waals surface area contributed by atoms with E-state index in [-0.39, 0.29) is 0 Å². The van der Waals surface area contributed by atoms with Gasteiger partial charge < -0.3 is 16.4 Å². The minimum atomic E-state index is 0.767. The first kappa shape index (κ1) is 18.6. The van der Waals surface area contributed by atoms with Crippen molar-refractivity contribution in [1.29, 1.82) is 0 Å². The SMILES string of the molecule is Cc1ccccc1NCc1ccc(-c2ccc(Nc3ccc(N)cc3)cc2)cc1. The monoisotopic (exact) mass is 379 g/mol. The van der Waals surface area contributed by atoms with Crippen molar-refractivity contribution in [1.82, 2.24) is 0 Å². The fraction of sp³-hybridized carbons (Fsp3) is 0.0769. The molecule has 3 nitrogen and oxygen atoms in total. The number of nitrogens with two attached hydrogens (primary N) is 1. The number of benzene rings is 4. The number of anilines is 4. The molecule has 0 heterocycles. The van der Waals surface area contributed by atoms with Crippen LogP contribution in [0.5, 0.6) is 0 Å². The maximum atomic E-state index is 5.74. The minimum Gasteiger partial charge on any atom is -0.399 e. The number of hydrogen-bond donors (Lipinski definition) is 3. The molecule has 0 spiro atoms. The molecule has 0 fully saturated rings. The molecule has 4 aromatic rings. The van der Waals surface area contributed by atoms with E-state index >= 15 is 0 Å². The van der Waals surface area contributed by atoms with E-state index in [4.69, 9.17) is 5.73 Å². The molecule has 0 aromatic heterocycles. The molecular weight excluding hydrogens is 354 g/mol. The van der Waals surface area contributed by atoms with Crippen molar-refractivity contribution in [3.05, 3.63) is 108 Å². The quantitative estimate of drug-likeness (QED) is 0.331. The number of aryl methyl sites for hydroxylation is 1. The van der Waals surface area contributed by atoms with E-state index in [9.17, 15) is 0 Å². The highest BCUT2D eigenvalue weighted by Crippen LogP contribution is 2.24. The van der Waals surface area contributed by atoms with Crippen LogP contribution in [0, 0.1) is 6.92 Å². The van der Waals surface area contributed by atoms with Crippen molar-refractivity contribution in [2.24, 2.45) is 0 Å². The highest BCUT2D eigenvalue weighted by atomic mass is 14.9. The molecule has 0 aliphatic rings. The van der Waals surface area contributed by atoms with Gasteiger partial charge in [0.1, 0.15) is 0 Å². The van der Waals surface area contributed by atoms with Crippen molar-refractivity contribution in [3.63, 3.8) is 0 Å². The van der Waals surface area contributed by atoms with Gasteiger partial charge >= 0.3 is 0 Å². The summed E-state index contributed by atoms with van der Waals surface area (Å²) in [6.07, 6.45) is 0. The van der Waals surface area contributed by atoms with E-state index in [2.05, 4.69) is 90.4 Å². The van der Waals surface area contributed by atoms with Gasteiger partial charge in [0.2, 0.25) is 0 Å². The Kier molecular flexibility index (Phi) is 5.48. The standard InChI is InChI=1S/C26H25N3/c1-19-4-2-3-5-26(19)28-18-20-6-8-21(9-7-20)22-10-14-24(15-11-22)29-25-16-12-23(27)13-17-25/h2-17,28-29H,18,27H2,1H3. The Labute approximate surface area is 172 Å². The molecule has 0 saturated carbocycles. The van der Waals surface area contributed by atoms with Crippen molar-refractivity contribution < 1.29 is 0 Å². The van der Waals surface area contributed by atoms with Gasteiger partial charge in [0.15, 0.2) is 0 Å². The zero-order valence-corrected chi connectivity index (χ0v) is 16.5. The van der Waals surface area contributed by atoms with Crippen LogP contribution in [0.4, 0.5) is 22.7 Å². The zero-order chi connectivity index (χ0) is 20.1. The third-order valence-corrected chi connectivity index (χ3v) is 5.00. The summed E-state index contributed by atoms with van der Waals surface area (Å²) in [5, 5.41) is 6.90. The smallest absolute Gasteiger partial charge is 0.0400 e. The topological polar surface area (TPSA) is 50.1 Å². The summed E-state index contributed by atoms with van der Waals surface area (Å²) in [4.78, 5) is 0. The first-order chi connectivity index (χ1) is 14.2. The first-order valence-electron chi connectivity index (χ1n) is 9.79. The van der Waals surface area contributed by atoms with Crippen molar-refractivity contribution in [3.8, 4) is 11.1 Å². The van der Waals surface area contributed by atoms with Gasteiger partial charge in [-0.25, -0.2) is 0 Å². The van der Waals surface area contributed by atoms with E-state index in [1.165, 1.54) is 27.9 Å². The van der Waals surface area contributed by atoms with Gasteiger partial charge in [-0.2, -0.15) is 0 Å². The van der Waals surface area contributed by atoms with Crippen LogP contribution < -0.4 is 16.4 Å². The average Bonchev–Trinajstić information content (AvgIpc) is 2.76. The van der Waals surface area contributed by atoms with Crippen LogP contribution in [0.25, 0.3) is 11.1 Å². The van der Waals surface area contributed by atoms with E-state index in [0.717, 1.165) is 23.6 Å². The fourth-order valence-electron chi connectivity index (χ4n) is 3.26. The number of nitrogen functional groups attached to an aromatic ring is 1. The number of nitrogens with one attached hydrogen (secondary N) is 2. The summed E-state index contributed by atoms with van der Waals surface area (Å²) in [7, 11) is 0. The Morgan fingerprint density at radius 1 is 0.655 bits per heavy atom. The van der Waals surface area contributed by atoms with Crippen LogP contribution in [0.3, 0.4) is 0 Å². The largest absolute Gasteiger partial charge is 0.399 e. The van der Waals surface area contributed by atoms with Gasteiger partial charge in [-0.1, -0.05) is 54.6 Å². The number of para-hydroxylation sites is 1. The van der Waals surface area contributed by atoms with Crippen molar-refractivity contribution >= 4 is 22.7 Å². The summed E-state index contributed by atoms with van der Waals surface area (Å²) in [6.45, 7) is 2.94. The van der Waals surface area contributed by atoms with Gasteiger partial charge in [-0.05, 0) is 71.6 Å². The second kappa shape index (κ2) is 8.53. The summed E-state index contributed by atoms with van der Waals surface area (Å²) >= 11 is 0. The molecule has 0 bridgehead atoms. The lowest BCUT2D eigenvalue weighted by atomic mass is 10.0. The predicted octanol–water partition coefficient (Wildman–Crippen LogP) is 6.60. The summed E-state index contributed by atoms with van der Waals surface area (Å²) in [6, 6.07) is 33.3. The van der Waals surface area contributed by atoms with Gasteiger partial charge in [0.05, 0.1) is 0 Å². The Morgan fingerprint density at radius 3 is 1.83 bits per heavy atom. The molecule has 0 atom stereocenters. The fourth-order valence-corrected chi connectivity index (χ4v) is 3.26. The molecule has 3 heteroatoms. The summed E-state index contributed by atoms with van der Waals surface area (Å²) in [5.74, 6) is 0. The molecule has 0 saturated heterocycles. The Hall–Kier alpha value is -3.72. The van der Waals surface area contributed by atoms with E-state index in [1.807, 2.05) is 24.3 Å². The summed E-state index contributed by atoms with van der Waals surface area (Å²) in [5.41, 5.74) is 14.7. The molecule has 0 unspecified atom stereocenters. The number of hydrogen-bond acceptors (Lipinski definition) is 3. The van der Waals surface area contributed by atoms with Crippen LogP contribution >= 0.6 is 0 Å². The lowest BCUT2D eigenvalue weighted by Gasteiger charge is -2.11. The molecule has 144 valence electrons. The molecule has 0 radical (unpaired) electrons. The third-order valence-electron chi connectivity index (χ3n) is 5.00. The summed E-state index contributed by atoms with van der Waals surface area (Å²) < 4.78 is 0. The lowest BCUT2D eigenvalue weighted by molar-refractivity contribution is 1.14. The van der Waals surface area contributed by atoms with Gasteiger partial charge in [0, 0.05) is 29.3 Å². The second-order valence-electron chi connectivity index (χ2n) is 7.19. The molecule has 4 N–H and O–H groups in total. The maximum Gasteiger partial charge on any atom is 0.0400 e. The van der Waals surface area contributed by atoms with Gasteiger partial charge in [0.25, 0.3) is 0 Å². The average molecular weight is 380 g/mol. The molecule has 4 aromatic carbocycles. The van der Waals surface area contributed by atoms with E-state index < -0.39 is 0 Å². The van der Waals surface area contributed by atoms with E-state index in [1.54, 1.807) is 0 Å². The van der Waals surface area contributed by atoms with Crippen molar-refractivity contribution in [2.45, 2.75) is 13.5 Å². The number of rotatable bonds is 6. The van der Waals surface area contributed by atoms with E-state index in [0.29, 0.717) is 0 Å². The Bertz CT molecular complexity index is 1070. The van der Waals surface area contributed by atoms with Crippen molar-refractivity contribution in [2.75, 3.05) is 16.4 Å². The highest BCUT2D eigenvalue weighted by Gasteiger charge is 2.01. The molecule has 4 rings (SSSR count). The maximum absolute atomic E-state index is 5.74. The second-order valence-corrected chi connectivity index (χ2v) is 7.19. The van der Waals surface area contributed by atoms with Crippen LogP contribution in [-0.4, -0.2) is 0 Å². The van der Waals surface area contributed by atoms with Gasteiger partial charge in [-0.15, -0.1) is 0 Å². The Balaban J connectivity index is 1.39. The van der Waals surface area contributed by atoms with Crippen LogP contribution in [0.15, 0.2) is 97.1 Å². The predicted molar refractivity (Wildman–Crippen MR) is 125 cm³/mol. The first-order valence-corrected chi connectivity index (χ1v) is 9.79. The normalized spacial score (nSPS) is 10.5. The lowest BCUT2D eigenvalue weighted by Crippen LogP contribution is -2.00. The zero-order valence-electron chi connectivity index (χ0n) is 16.5. The third kappa shape index (κ3) is 4.77. The van der Waals surface area contributed by atoms with Crippen LogP contribution in [0.1, 0.15) is 11.1 Å². The highest BCUT2D eigenvalue weighted by molar-refractivity contribution is 5.69. The van der Waals surface area contributed by atoms with Crippen LogP contribution in [-0.2, 0) is 6.54 Å².